The van der Waals surface area contributed by atoms with Gasteiger partial charge < -0.3 is 14.7 Å². The molecule has 0 aromatic carbocycles. The zero-order chi connectivity index (χ0) is 15.5. The van der Waals surface area contributed by atoms with Crippen molar-refractivity contribution in [3.8, 4) is 0 Å². The number of aliphatic hydroxyl groups excluding tert-OH is 1. The summed E-state index contributed by atoms with van der Waals surface area (Å²) in [6, 6.07) is 3.78. The van der Waals surface area contributed by atoms with Crippen LogP contribution in [0, 0.1) is 6.92 Å². The molecule has 1 saturated heterocycles. The highest BCUT2D eigenvalue weighted by molar-refractivity contribution is 5.44. The van der Waals surface area contributed by atoms with Gasteiger partial charge in [-0.25, -0.2) is 4.98 Å². The Balaban J connectivity index is 1.60. The molecule has 3 heterocycles. The van der Waals surface area contributed by atoms with Gasteiger partial charge >= 0.3 is 0 Å². The minimum absolute atomic E-state index is 0.432. The van der Waals surface area contributed by atoms with E-state index in [2.05, 4.69) is 20.1 Å². The number of aromatic nitrogens is 4. The van der Waals surface area contributed by atoms with Crippen molar-refractivity contribution in [3.63, 3.8) is 0 Å². The summed E-state index contributed by atoms with van der Waals surface area (Å²) in [4.78, 5) is 8.41. The Bertz CT molecular complexity index is 625. The van der Waals surface area contributed by atoms with E-state index in [9.17, 15) is 5.11 Å². The van der Waals surface area contributed by atoms with Gasteiger partial charge in [0.1, 0.15) is 5.82 Å². The lowest BCUT2D eigenvalue weighted by atomic mass is 10.3. The van der Waals surface area contributed by atoms with Gasteiger partial charge in [-0.05, 0) is 19.1 Å². The average molecular weight is 306 g/mol. The first-order valence-corrected chi connectivity index (χ1v) is 7.52. The zero-order valence-corrected chi connectivity index (χ0v) is 13.0. The third kappa shape index (κ3) is 3.52. The van der Waals surface area contributed by atoms with E-state index in [-0.39, 0.29) is 0 Å². The lowest BCUT2D eigenvalue weighted by molar-refractivity contribution is 0.0162. The molecule has 120 valence electrons. The highest BCUT2D eigenvalue weighted by Crippen LogP contribution is 2.10. The van der Waals surface area contributed by atoms with Crippen LogP contribution in [0.1, 0.15) is 5.82 Å². The molecule has 1 aliphatic heterocycles. The van der Waals surface area contributed by atoms with E-state index in [1.54, 1.807) is 0 Å². The molecule has 1 atom stereocenters. The SMILES string of the molecule is Cc1nc2ccc(N(C)C[C@@H](O)CN3CCOCC3)nn2n1. The molecule has 22 heavy (non-hydrogen) atoms. The molecule has 0 spiro atoms. The molecule has 1 aliphatic rings. The van der Waals surface area contributed by atoms with Crippen LogP contribution >= 0.6 is 0 Å². The van der Waals surface area contributed by atoms with Crippen molar-refractivity contribution in [1.82, 2.24) is 24.7 Å². The minimum Gasteiger partial charge on any atom is -0.390 e. The van der Waals surface area contributed by atoms with Crippen molar-refractivity contribution < 1.29 is 9.84 Å². The number of hydrogen-bond donors (Lipinski definition) is 1. The number of likely N-dealkylation sites (N-methyl/N-ethyl adjacent to an activating group) is 1. The van der Waals surface area contributed by atoms with Crippen LogP contribution in [0.4, 0.5) is 5.82 Å². The number of morpholine rings is 1. The number of aryl methyl sites for hydroxylation is 1. The Morgan fingerprint density at radius 3 is 2.86 bits per heavy atom. The average Bonchev–Trinajstić information content (AvgIpc) is 2.87. The molecule has 1 fully saturated rings. The number of β-amino-alcohol motifs (C(OH)–C–C–N with tert-alkyl or cyclic N) is 1. The summed E-state index contributed by atoms with van der Waals surface area (Å²) in [5.74, 6) is 1.46. The third-order valence-corrected chi connectivity index (χ3v) is 3.75. The first-order chi connectivity index (χ1) is 10.6. The van der Waals surface area contributed by atoms with E-state index in [1.807, 2.05) is 31.0 Å². The van der Waals surface area contributed by atoms with Gasteiger partial charge in [0.15, 0.2) is 11.5 Å². The number of fused-ring (bicyclic) bond motifs is 1. The van der Waals surface area contributed by atoms with Crippen LogP contribution in [-0.4, -0.2) is 82.4 Å². The first-order valence-electron chi connectivity index (χ1n) is 7.52. The standard InChI is InChI=1S/C14H22N6O2/c1-11-15-13-3-4-14(17-20(13)16-11)18(2)9-12(21)10-19-5-7-22-8-6-19/h3-4,12,21H,5-10H2,1-2H3/t12-/m1/s1. The van der Waals surface area contributed by atoms with Crippen LogP contribution in [0.5, 0.6) is 0 Å². The molecular formula is C14H22N6O2. The minimum atomic E-state index is -0.432. The summed E-state index contributed by atoms with van der Waals surface area (Å²) in [6.45, 7) is 6.25. The van der Waals surface area contributed by atoms with Gasteiger partial charge in [-0.1, -0.05) is 0 Å². The smallest absolute Gasteiger partial charge is 0.176 e. The largest absolute Gasteiger partial charge is 0.390 e. The molecule has 0 saturated carbocycles. The molecule has 8 heteroatoms. The monoisotopic (exact) mass is 306 g/mol. The van der Waals surface area contributed by atoms with Crippen molar-refractivity contribution in [1.29, 1.82) is 0 Å². The Kier molecular flexibility index (Phi) is 4.51. The summed E-state index contributed by atoms with van der Waals surface area (Å²) < 4.78 is 6.84. The summed E-state index contributed by atoms with van der Waals surface area (Å²) in [7, 11) is 1.92. The second kappa shape index (κ2) is 6.55. The topological polar surface area (TPSA) is 79.0 Å². The molecule has 0 radical (unpaired) electrons. The van der Waals surface area contributed by atoms with Crippen LogP contribution < -0.4 is 4.90 Å². The van der Waals surface area contributed by atoms with Gasteiger partial charge in [-0.2, -0.15) is 0 Å². The molecule has 1 N–H and O–H groups in total. The van der Waals surface area contributed by atoms with E-state index < -0.39 is 6.10 Å². The molecule has 2 aromatic rings. The predicted octanol–water partition coefficient (Wildman–Crippen LogP) is -0.438. The van der Waals surface area contributed by atoms with Gasteiger partial charge in [-0.15, -0.1) is 14.8 Å². The Hall–Kier alpha value is -1.77. The van der Waals surface area contributed by atoms with Crippen LogP contribution in [0.2, 0.25) is 0 Å². The number of hydrogen-bond acceptors (Lipinski definition) is 7. The van der Waals surface area contributed by atoms with Crippen molar-refractivity contribution in [2.24, 2.45) is 0 Å². The van der Waals surface area contributed by atoms with Crippen LogP contribution in [0.15, 0.2) is 12.1 Å². The predicted molar refractivity (Wildman–Crippen MR) is 82.1 cm³/mol. The molecule has 8 nitrogen and oxygen atoms in total. The molecule has 0 amide bonds. The van der Waals surface area contributed by atoms with Crippen molar-refractivity contribution in [2.45, 2.75) is 13.0 Å². The summed E-state index contributed by atoms with van der Waals surface area (Å²) >= 11 is 0. The van der Waals surface area contributed by atoms with Crippen molar-refractivity contribution in [3.05, 3.63) is 18.0 Å². The van der Waals surface area contributed by atoms with Crippen molar-refractivity contribution >= 4 is 11.5 Å². The van der Waals surface area contributed by atoms with E-state index in [0.29, 0.717) is 18.9 Å². The molecular weight excluding hydrogens is 284 g/mol. The Morgan fingerprint density at radius 2 is 2.09 bits per heavy atom. The van der Waals surface area contributed by atoms with Gasteiger partial charge in [-0.3, -0.25) is 4.90 Å². The quantitative estimate of drug-likeness (QED) is 0.802. The Morgan fingerprint density at radius 1 is 1.32 bits per heavy atom. The maximum absolute atomic E-state index is 10.3. The van der Waals surface area contributed by atoms with Crippen LogP contribution in [0.25, 0.3) is 5.65 Å². The fraction of sp³-hybridized carbons (Fsp3) is 0.643. The van der Waals surface area contributed by atoms with E-state index in [0.717, 1.165) is 37.8 Å². The van der Waals surface area contributed by atoms with Gasteiger partial charge in [0.05, 0.1) is 19.3 Å². The maximum Gasteiger partial charge on any atom is 0.176 e. The highest BCUT2D eigenvalue weighted by atomic mass is 16.5. The fourth-order valence-corrected chi connectivity index (χ4v) is 2.63. The van der Waals surface area contributed by atoms with E-state index in [1.165, 1.54) is 4.63 Å². The summed E-state index contributed by atoms with van der Waals surface area (Å²) in [5.41, 5.74) is 0.725. The number of nitrogens with zero attached hydrogens (tertiary/aromatic N) is 6. The van der Waals surface area contributed by atoms with Gasteiger partial charge in [0.2, 0.25) is 0 Å². The van der Waals surface area contributed by atoms with E-state index >= 15 is 0 Å². The molecule has 0 aliphatic carbocycles. The third-order valence-electron chi connectivity index (χ3n) is 3.75. The fourth-order valence-electron chi connectivity index (χ4n) is 2.63. The number of anilines is 1. The number of rotatable bonds is 5. The second-order valence-corrected chi connectivity index (χ2v) is 5.65. The zero-order valence-electron chi connectivity index (χ0n) is 13.0. The lowest BCUT2D eigenvalue weighted by Gasteiger charge is -2.30. The molecule has 0 unspecified atom stereocenters. The number of aliphatic hydroxyl groups is 1. The highest BCUT2D eigenvalue weighted by Gasteiger charge is 2.17. The molecule has 0 bridgehead atoms. The normalized spacial score (nSPS) is 17.8. The van der Waals surface area contributed by atoms with E-state index in [4.69, 9.17) is 4.74 Å². The van der Waals surface area contributed by atoms with Crippen molar-refractivity contribution in [2.75, 3.05) is 51.3 Å². The summed E-state index contributed by atoms with van der Waals surface area (Å²) in [5, 5.41) is 18.9. The molecule has 2 aromatic heterocycles. The van der Waals surface area contributed by atoms with Crippen LogP contribution in [-0.2, 0) is 4.74 Å². The van der Waals surface area contributed by atoms with Gasteiger partial charge in [0.25, 0.3) is 0 Å². The lowest BCUT2D eigenvalue weighted by Crippen LogP contribution is -2.44. The van der Waals surface area contributed by atoms with Gasteiger partial charge in [0, 0.05) is 33.2 Å². The van der Waals surface area contributed by atoms with Crippen LogP contribution in [0.3, 0.4) is 0 Å². The second-order valence-electron chi connectivity index (χ2n) is 5.65. The summed E-state index contributed by atoms with van der Waals surface area (Å²) in [6.07, 6.45) is -0.432. The molecule has 3 rings (SSSR count). The Labute approximate surface area is 129 Å². The maximum atomic E-state index is 10.3. The first kappa shape index (κ1) is 15.1. The number of ether oxygens (including phenoxy) is 1.